The highest BCUT2D eigenvalue weighted by atomic mass is 32.2. The van der Waals surface area contributed by atoms with E-state index in [4.69, 9.17) is 10.6 Å². The van der Waals surface area contributed by atoms with Crippen molar-refractivity contribution in [2.24, 2.45) is 0 Å². The number of carbonyl (C=O) groups excluding carboxylic acids is 1. The molecular formula is C18H24FN5O4S2. The molecule has 2 atom stereocenters. The van der Waals surface area contributed by atoms with Crippen molar-refractivity contribution in [2.45, 2.75) is 43.3 Å². The average molecular weight is 458 g/mol. The quantitative estimate of drug-likeness (QED) is 0.464. The predicted octanol–water partition coefficient (Wildman–Crippen LogP) is 1.23. The molecule has 0 radical (unpaired) electrons. The number of hydrogen-bond donors (Lipinski definition) is 1. The fourth-order valence-corrected chi connectivity index (χ4v) is 5.81. The van der Waals surface area contributed by atoms with E-state index >= 15 is 0 Å². The molecule has 2 heterocycles. The van der Waals surface area contributed by atoms with Crippen molar-refractivity contribution in [1.82, 2.24) is 19.8 Å². The van der Waals surface area contributed by atoms with Crippen LogP contribution in [0.5, 0.6) is 5.75 Å². The largest absolute Gasteiger partial charge is 0.486 e. The monoisotopic (exact) mass is 457 g/mol. The molecule has 0 aliphatic carbocycles. The molecule has 9 nitrogen and oxygen atoms in total. The van der Waals surface area contributed by atoms with Crippen LogP contribution in [0.4, 0.5) is 4.39 Å². The number of carbonyl (C=O) groups is 1. The molecule has 1 aliphatic heterocycles. The topological polar surface area (TPSA) is 120 Å². The number of nitrogens with zero attached hydrogens (tertiary/aromatic N) is 4. The summed E-state index contributed by atoms with van der Waals surface area (Å²) >= 11 is 1.14. The molecule has 12 heteroatoms. The van der Waals surface area contributed by atoms with E-state index in [1.165, 1.54) is 28.9 Å². The number of benzene rings is 1. The Labute approximate surface area is 178 Å². The Morgan fingerprint density at radius 1 is 1.40 bits per heavy atom. The second kappa shape index (κ2) is 9.21. The molecule has 0 bridgehead atoms. The number of nitrogens with two attached hydrogens (primary N) is 1. The third-order valence-electron chi connectivity index (χ3n) is 4.82. The number of rotatable bonds is 8. The van der Waals surface area contributed by atoms with Gasteiger partial charge in [0, 0.05) is 12.6 Å². The van der Waals surface area contributed by atoms with Gasteiger partial charge in [0.2, 0.25) is 11.1 Å². The fourth-order valence-electron chi connectivity index (χ4n) is 3.22. The summed E-state index contributed by atoms with van der Waals surface area (Å²) in [6.07, 6.45) is 0.456. The molecule has 1 fully saturated rings. The molecule has 1 aliphatic rings. The summed E-state index contributed by atoms with van der Waals surface area (Å²) in [6.45, 7) is 4.01. The maximum absolute atomic E-state index is 13.0. The SMILES string of the molecule is CCN(C(=O)C(C)Sc1nnc(COc2ccc(F)cc2)n1N)C1CCS(=O)(=O)C1. The molecule has 1 aromatic heterocycles. The lowest BCUT2D eigenvalue weighted by Crippen LogP contribution is -2.44. The third-order valence-corrected chi connectivity index (χ3v) is 7.61. The van der Waals surface area contributed by atoms with E-state index in [0.29, 0.717) is 29.7 Å². The van der Waals surface area contributed by atoms with Crippen LogP contribution in [0.2, 0.25) is 0 Å². The summed E-state index contributed by atoms with van der Waals surface area (Å²) in [5.74, 6) is 6.41. The highest BCUT2D eigenvalue weighted by Crippen LogP contribution is 2.25. The molecule has 1 aromatic carbocycles. The number of sulfone groups is 1. The lowest BCUT2D eigenvalue weighted by Gasteiger charge is -2.29. The predicted molar refractivity (Wildman–Crippen MR) is 111 cm³/mol. The maximum Gasteiger partial charge on any atom is 0.236 e. The molecule has 2 N–H and O–H groups in total. The fraction of sp³-hybridized carbons (Fsp3) is 0.500. The minimum Gasteiger partial charge on any atom is -0.486 e. The molecule has 30 heavy (non-hydrogen) atoms. The first-order valence-corrected chi connectivity index (χ1v) is 12.2. The van der Waals surface area contributed by atoms with Gasteiger partial charge in [-0.3, -0.25) is 4.79 Å². The average Bonchev–Trinajstić information content (AvgIpc) is 3.24. The molecule has 0 spiro atoms. The van der Waals surface area contributed by atoms with Gasteiger partial charge in [-0.2, -0.15) is 0 Å². The van der Waals surface area contributed by atoms with Crippen LogP contribution >= 0.6 is 11.8 Å². The molecule has 1 amide bonds. The normalized spacial score (nSPS) is 18.8. The smallest absolute Gasteiger partial charge is 0.236 e. The first-order chi connectivity index (χ1) is 14.2. The van der Waals surface area contributed by atoms with E-state index in [9.17, 15) is 17.6 Å². The molecule has 2 unspecified atom stereocenters. The second-order valence-electron chi connectivity index (χ2n) is 6.95. The minimum absolute atomic E-state index is 0.00190. The molecule has 0 saturated carbocycles. The van der Waals surface area contributed by atoms with Crippen LogP contribution in [-0.4, -0.2) is 63.4 Å². The summed E-state index contributed by atoms with van der Waals surface area (Å²) in [5, 5.41) is 7.81. The molecule has 164 valence electrons. The second-order valence-corrected chi connectivity index (χ2v) is 10.5. The van der Waals surface area contributed by atoms with Crippen LogP contribution in [0.1, 0.15) is 26.1 Å². The zero-order valence-corrected chi connectivity index (χ0v) is 18.3. The van der Waals surface area contributed by atoms with Crippen LogP contribution in [-0.2, 0) is 21.2 Å². The van der Waals surface area contributed by atoms with Gasteiger partial charge >= 0.3 is 0 Å². The van der Waals surface area contributed by atoms with Gasteiger partial charge < -0.3 is 15.5 Å². The van der Waals surface area contributed by atoms with Crippen molar-refractivity contribution in [1.29, 1.82) is 0 Å². The van der Waals surface area contributed by atoms with Crippen LogP contribution < -0.4 is 10.6 Å². The van der Waals surface area contributed by atoms with Crippen LogP contribution in [0.15, 0.2) is 29.4 Å². The molecule has 1 saturated heterocycles. The Balaban J connectivity index is 1.61. The van der Waals surface area contributed by atoms with Gasteiger partial charge in [-0.05, 0) is 44.5 Å². The van der Waals surface area contributed by atoms with Gasteiger partial charge in [-0.25, -0.2) is 17.5 Å². The summed E-state index contributed by atoms with van der Waals surface area (Å²) in [5.41, 5.74) is 0. The van der Waals surface area contributed by atoms with Gasteiger partial charge in [0.05, 0.1) is 16.8 Å². The zero-order chi connectivity index (χ0) is 21.9. The summed E-state index contributed by atoms with van der Waals surface area (Å²) < 4.78 is 43.2. The van der Waals surface area contributed by atoms with E-state index in [2.05, 4.69) is 10.2 Å². The number of nitrogen functional groups attached to an aromatic ring is 1. The molecular weight excluding hydrogens is 433 g/mol. The number of ether oxygens (including phenoxy) is 1. The molecule has 3 rings (SSSR count). The van der Waals surface area contributed by atoms with Crippen LogP contribution in [0.25, 0.3) is 0 Å². The number of amides is 1. The Morgan fingerprint density at radius 2 is 2.10 bits per heavy atom. The van der Waals surface area contributed by atoms with E-state index in [1.54, 1.807) is 11.8 Å². The highest BCUT2D eigenvalue weighted by Gasteiger charge is 2.35. The minimum atomic E-state index is -3.09. The lowest BCUT2D eigenvalue weighted by atomic mass is 10.2. The zero-order valence-electron chi connectivity index (χ0n) is 16.7. The van der Waals surface area contributed by atoms with Crippen molar-refractivity contribution in [3.63, 3.8) is 0 Å². The van der Waals surface area contributed by atoms with E-state index in [0.717, 1.165) is 11.8 Å². The van der Waals surface area contributed by atoms with Crippen LogP contribution in [0, 0.1) is 5.82 Å². The van der Waals surface area contributed by atoms with Crippen molar-refractivity contribution < 1.29 is 22.3 Å². The molecule has 2 aromatic rings. The number of thioether (sulfide) groups is 1. The van der Waals surface area contributed by atoms with Gasteiger partial charge in [0.15, 0.2) is 15.7 Å². The van der Waals surface area contributed by atoms with Gasteiger partial charge in [-0.15, -0.1) is 10.2 Å². The van der Waals surface area contributed by atoms with Gasteiger partial charge in [0.25, 0.3) is 0 Å². The summed E-state index contributed by atoms with van der Waals surface area (Å²) in [4.78, 5) is 14.5. The highest BCUT2D eigenvalue weighted by molar-refractivity contribution is 8.00. The van der Waals surface area contributed by atoms with Crippen molar-refractivity contribution in [2.75, 3.05) is 23.9 Å². The van der Waals surface area contributed by atoms with E-state index in [-0.39, 0.29) is 35.9 Å². The Bertz CT molecular complexity index is 997. The number of hydrogen-bond acceptors (Lipinski definition) is 8. The first-order valence-electron chi connectivity index (χ1n) is 9.45. The van der Waals surface area contributed by atoms with E-state index in [1.807, 2.05) is 6.92 Å². The van der Waals surface area contributed by atoms with Gasteiger partial charge in [0.1, 0.15) is 18.2 Å². The van der Waals surface area contributed by atoms with Crippen molar-refractivity contribution in [3.8, 4) is 5.75 Å². The first kappa shape index (κ1) is 22.3. The van der Waals surface area contributed by atoms with Gasteiger partial charge in [-0.1, -0.05) is 11.8 Å². The van der Waals surface area contributed by atoms with E-state index < -0.39 is 15.1 Å². The Morgan fingerprint density at radius 3 is 2.70 bits per heavy atom. The lowest BCUT2D eigenvalue weighted by molar-refractivity contribution is -0.131. The maximum atomic E-state index is 13.0. The number of aromatic nitrogens is 3. The Kier molecular flexibility index (Phi) is 6.86. The van der Waals surface area contributed by atoms with Crippen molar-refractivity contribution in [3.05, 3.63) is 35.9 Å². The number of halogens is 1. The Hall–Kier alpha value is -2.34. The summed E-state index contributed by atoms with van der Waals surface area (Å²) in [7, 11) is -3.09. The van der Waals surface area contributed by atoms with Crippen LogP contribution in [0.3, 0.4) is 0 Å². The third kappa shape index (κ3) is 5.22. The standard InChI is InChI=1S/C18H24FN5O4S2/c1-3-23(14-8-9-30(26,27)11-14)17(25)12(2)29-18-22-21-16(24(18)20)10-28-15-6-4-13(19)5-7-15/h4-7,12,14H,3,8-11,20H2,1-2H3. The van der Waals surface area contributed by atoms with Crippen molar-refractivity contribution >= 4 is 27.5 Å². The summed E-state index contributed by atoms with van der Waals surface area (Å²) in [6, 6.07) is 5.25.